The van der Waals surface area contributed by atoms with Crippen LogP contribution in [0.25, 0.3) is 0 Å². The first-order valence-electron chi connectivity index (χ1n) is 12.1. The minimum atomic E-state index is -0.372. The third kappa shape index (κ3) is 8.12. The smallest absolute Gasteiger partial charge is 0.340 e. The molecule has 0 aromatic heterocycles. The molecular weight excluding hydrogens is 461 g/mol. The summed E-state index contributed by atoms with van der Waals surface area (Å²) < 4.78 is 5.75. The first kappa shape index (κ1) is 27.3. The fourth-order valence-corrected chi connectivity index (χ4v) is 6.19. The maximum Gasteiger partial charge on any atom is 0.340 e. The van der Waals surface area contributed by atoms with Crippen LogP contribution in [0.5, 0.6) is 0 Å². The van der Waals surface area contributed by atoms with Gasteiger partial charge < -0.3 is 4.74 Å². The summed E-state index contributed by atoms with van der Waals surface area (Å²) in [4.78, 5) is 15.6. The van der Waals surface area contributed by atoms with Crippen LogP contribution in [-0.4, -0.2) is 12.1 Å². The molecule has 0 heterocycles. The van der Waals surface area contributed by atoms with Crippen molar-refractivity contribution in [2.45, 2.75) is 135 Å². The van der Waals surface area contributed by atoms with E-state index in [-0.39, 0.29) is 12.1 Å². The van der Waals surface area contributed by atoms with Crippen LogP contribution in [0.1, 0.15) is 126 Å². The van der Waals surface area contributed by atoms with Crippen LogP contribution in [0.2, 0.25) is 0 Å². The molecule has 1 unspecified atom stereocenters. The summed E-state index contributed by atoms with van der Waals surface area (Å²) in [6.07, 6.45) is 16.9. The summed E-state index contributed by atoms with van der Waals surface area (Å²) in [6, 6.07) is 0. The molecular formula is C25H40O2S4. The number of ether oxygens (including phenoxy) is 1. The molecule has 176 valence electrons. The number of carbonyl (C=O) groups is 1. The molecule has 0 amide bonds. The van der Waals surface area contributed by atoms with Crippen LogP contribution in [-0.2, 0) is 4.74 Å². The first-order chi connectivity index (χ1) is 14.9. The maximum absolute atomic E-state index is 12.9. The summed E-state index contributed by atoms with van der Waals surface area (Å²) in [5, 5.41) is 0. The molecule has 0 aliphatic heterocycles. The lowest BCUT2D eigenvalue weighted by Crippen LogP contribution is -2.17. The number of carbonyl (C=O) groups excluding carboxylic acids is 1. The molecule has 0 radical (unpaired) electrons. The quantitative estimate of drug-likeness (QED) is 0.131. The summed E-state index contributed by atoms with van der Waals surface area (Å²) >= 11 is 18.8. The standard InChI is InChI=1S/C25H40O2S4/c1-3-4-5-6-7-8-9-11-14-17(2)27-25(26)20-23(30)21(28)19(22(29)24(20)31)18-15-12-10-13-16-18/h17-18,28-31H,3-16H2,1-2H3. The van der Waals surface area contributed by atoms with E-state index >= 15 is 0 Å². The number of rotatable bonds is 12. The molecule has 2 nitrogen and oxygen atoms in total. The van der Waals surface area contributed by atoms with Crippen molar-refractivity contribution in [3.05, 3.63) is 11.1 Å². The highest BCUT2D eigenvalue weighted by atomic mass is 32.1. The zero-order valence-electron chi connectivity index (χ0n) is 19.2. The van der Waals surface area contributed by atoms with Gasteiger partial charge in [-0.05, 0) is 44.1 Å². The van der Waals surface area contributed by atoms with E-state index in [2.05, 4.69) is 32.2 Å². The molecule has 1 aliphatic rings. The van der Waals surface area contributed by atoms with Gasteiger partial charge in [0.05, 0.1) is 11.7 Å². The zero-order valence-corrected chi connectivity index (χ0v) is 22.7. The van der Waals surface area contributed by atoms with Gasteiger partial charge in [-0.15, -0.1) is 50.5 Å². The lowest BCUT2D eigenvalue weighted by Gasteiger charge is -2.27. The van der Waals surface area contributed by atoms with Gasteiger partial charge in [0.15, 0.2) is 0 Å². The van der Waals surface area contributed by atoms with Gasteiger partial charge in [-0.1, -0.05) is 71.1 Å². The van der Waals surface area contributed by atoms with E-state index in [9.17, 15) is 4.79 Å². The second kappa shape index (κ2) is 14.4. The van der Waals surface area contributed by atoms with E-state index in [1.165, 1.54) is 64.2 Å². The molecule has 31 heavy (non-hydrogen) atoms. The Balaban J connectivity index is 1.92. The highest BCUT2D eigenvalue weighted by molar-refractivity contribution is 7.84. The number of benzene rings is 1. The summed E-state index contributed by atoms with van der Waals surface area (Å²) in [7, 11) is 0. The van der Waals surface area contributed by atoms with Gasteiger partial charge in [0.1, 0.15) is 0 Å². The molecule has 2 rings (SSSR count). The first-order valence-corrected chi connectivity index (χ1v) is 13.9. The van der Waals surface area contributed by atoms with Gasteiger partial charge in [0, 0.05) is 19.6 Å². The molecule has 6 heteroatoms. The number of thiol groups is 4. The van der Waals surface area contributed by atoms with Crippen molar-refractivity contribution in [3.63, 3.8) is 0 Å². The van der Waals surface area contributed by atoms with Crippen molar-refractivity contribution < 1.29 is 9.53 Å². The summed E-state index contributed by atoms with van der Waals surface area (Å²) in [5.74, 6) is 0.0411. The van der Waals surface area contributed by atoms with Gasteiger partial charge in [-0.3, -0.25) is 0 Å². The van der Waals surface area contributed by atoms with Gasteiger partial charge in [0.25, 0.3) is 0 Å². The van der Waals surface area contributed by atoms with Crippen molar-refractivity contribution >= 4 is 56.5 Å². The minimum Gasteiger partial charge on any atom is -0.459 e. The van der Waals surface area contributed by atoms with E-state index in [0.717, 1.165) is 41.0 Å². The third-order valence-electron chi connectivity index (χ3n) is 6.42. The number of hydrogen-bond acceptors (Lipinski definition) is 6. The van der Waals surface area contributed by atoms with Crippen LogP contribution < -0.4 is 0 Å². The minimum absolute atomic E-state index is 0.127. The predicted octanol–water partition coefficient (Wildman–Crippen LogP) is 8.97. The normalized spacial score (nSPS) is 15.8. The van der Waals surface area contributed by atoms with E-state index in [1.807, 2.05) is 6.92 Å². The van der Waals surface area contributed by atoms with Crippen molar-refractivity contribution in [2.75, 3.05) is 0 Å². The van der Waals surface area contributed by atoms with Gasteiger partial charge in [-0.25, -0.2) is 4.79 Å². The number of esters is 1. The zero-order chi connectivity index (χ0) is 22.8. The van der Waals surface area contributed by atoms with Crippen molar-refractivity contribution in [3.8, 4) is 0 Å². The molecule has 1 aromatic rings. The summed E-state index contributed by atoms with van der Waals surface area (Å²) in [5.41, 5.74) is 1.48. The highest BCUT2D eigenvalue weighted by Gasteiger charge is 2.28. The van der Waals surface area contributed by atoms with Crippen LogP contribution in [0, 0.1) is 0 Å². The second-order valence-electron chi connectivity index (χ2n) is 9.00. The lowest BCUT2D eigenvalue weighted by atomic mass is 9.83. The largest absolute Gasteiger partial charge is 0.459 e. The fourth-order valence-electron chi connectivity index (χ4n) is 4.55. The molecule has 0 bridgehead atoms. The van der Waals surface area contributed by atoms with Crippen LogP contribution in [0.15, 0.2) is 19.6 Å². The maximum atomic E-state index is 12.9. The molecule has 1 saturated carbocycles. The molecule has 0 saturated heterocycles. The monoisotopic (exact) mass is 500 g/mol. The fraction of sp³-hybridized carbons (Fsp3) is 0.720. The van der Waals surface area contributed by atoms with Crippen LogP contribution in [0.4, 0.5) is 0 Å². The molecule has 1 fully saturated rings. The Hall–Kier alpha value is 0.0900. The van der Waals surface area contributed by atoms with Crippen molar-refractivity contribution in [2.24, 2.45) is 0 Å². The van der Waals surface area contributed by atoms with Crippen molar-refractivity contribution in [1.82, 2.24) is 0 Å². The Bertz CT molecular complexity index is 685. The third-order valence-corrected chi connectivity index (χ3v) is 8.60. The van der Waals surface area contributed by atoms with Crippen molar-refractivity contribution in [1.29, 1.82) is 0 Å². The lowest BCUT2D eigenvalue weighted by molar-refractivity contribution is 0.0309. The SMILES string of the molecule is CCCCCCCCCCC(C)OC(=O)c1c(S)c(S)c(C2CCCCC2)c(S)c1S. The Morgan fingerprint density at radius 3 is 1.90 bits per heavy atom. The van der Waals surface area contributed by atoms with Crippen LogP contribution in [0.3, 0.4) is 0 Å². The molecule has 0 N–H and O–H groups in total. The Labute approximate surface area is 211 Å². The van der Waals surface area contributed by atoms with Gasteiger partial charge in [-0.2, -0.15) is 0 Å². The Morgan fingerprint density at radius 1 is 0.839 bits per heavy atom. The average molecular weight is 501 g/mol. The highest BCUT2D eigenvalue weighted by Crippen LogP contribution is 2.45. The number of hydrogen-bond donors (Lipinski definition) is 4. The second-order valence-corrected chi connectivity index (χ2v) is 10.8. The Morgan fingerprint density at radius 2 is 1.35 bits per heavy atom. The summed E-state index contributed by atoms with van der Waals surface area (Å²) in [6.45, 7) is 4.21. The molecule has 1 aliphatic carbocycles. The van der Waals surface area contributed by atoms with Gasteiger partial charge >= 0.3 is 5.97 Å². The number of unbranched alkanes of at least 4 members (excludes halogenated alkanes) is 7. The van der Waals surface area contributed by atoms with Gasteiger partial charge in [0.2, 0.25) is 0 Å². The predicted molar refractivity (Wildman–Crippen MR) is 143 cm³/mol. The Kier molecular flexibility index (Phi) is 12.7. The van der Waals surface area contributed by atoms with Crippen LogP contribution >= 0.6 is 50.5 Å². The van der Waals surface area contributed by atoms with E-state index in [0.29, 0.717) is 21.3 Å². The topological polar surface area (TPSA) is 26.3 Å². The van der Waals surface area contributed by atoms with E-state index in [4.69, 9.17) is 30.0 Å². The molecule has 0 spiro atoms. The molecule has 1 aromatic carbocycles. The van der Waals surface area contributed by atoms with E-state index in [1.54, 1.807) is 0 Å². The average Bonchev–Trinajstić information content (AvgIpc) is 2.75. The molecule has 1 atom stereocenters. The van der Waals surface area contributed by atoms with E-state index < -0.39 is 0 Å².